The number of fused-ring (bicyclic) bond motifs is 3. The Balaban J connectivity index is 1.20. The molecule has 5 rings (SSSR count). The van der Waals surface area contributed by atoms with Crippen LogP contribution in [0.5, 0.6) is 0 Å². The average Bonchev–Trinajstić information content (AvgIpc) is 3.30. The molecule has 1 unspecified atom stereocenters. The normalized spacial score (nSPS) is 20.8. The molecule has 0 saturated carbocycles. The second kappa shape index (κ2) is 8.14. The van der Waals surface area contributed by atoms with Gasteiger partial charge in [0.15, 0.2) is 0 Å². The van der Waals surface area contributed by atoms with Gasteiger partial charge in [0.05, 0.1) is 23.0 Å². The summed E-state index contributed by atoms with van der Waals surface area (Å²) >= 11 is 0. The third-order valence-corrected chi connectivity index (χ3v) is 6.39. The average molecular weight is 422 g/mol. The fraction of sp³-hybridized carbons (Fsp3) is 0.455. The van der Waals surface area contributed by atoms with Gasteiger partial charge in [0.1, 0.15) is 5.82 Å². The van der Waals surface area contributed by atoms with E-state index in [1.54, 1.807) is 13.2 Å². The van der Waals surface area contributed by atoms with E-state index in [1.807, 2.05) is 23.2 Å². The van der Waals surface area contributed by atoms with Gasteiger partial charge in [-0.2, -0.15) is 0 Å². The Labute approximate surface area is 181 Å². The van der Waals surface area contributed by atoms with Crippen LogP contribution in [0.1, 0.15) is 40.5 Å². The summed E-state index contributed by atoms with van der Waals surface area (Å²) < 4.78 is 0. The van der Waals surface area contributed by atoms with Crippen molar-refractivity contribution < 1.29 is 9.59 Å². The first-order valence-corrected chi connectivity index (χ1v) is 10.8. The van der Waals surface area contributed by atoms with Gasteiger partial charge in [0, 0.05) is 58.7 Å². The number of carbonyl (C=O) groups is 2. The molecule has 9 heteroatoms. The number of pyridine rings is 2. The van der Waals surface area contributed by atoms with E-state index in [9.17, 15) is 9.59 Å². The number of amides is 3. The fourth-order valence-electron chi connectivity index (χ4n) is 4.70. The van der Waals surface area contributed by atoms with Crippen molar-refractivity contribution >= 4 is 23.4 Å². The first-order chi connectivity index (χ1) is 15.1. The summed E-state index contributed by atoms with van der Waals surface area (Å²) in [4.78, 5) is 39.7. The molecule has 3 aliphatic heterocycles. The third-order valence-electron chi connectivity index (χ3n) is 6.39. The van der Waals surface area contributed by atoms with Gasteiger partial charge in [-0.3, -0.25) is 14.7 Å². The van der Waals surface area contributed by atoms with Gasteiger partial charge in [-0.15, -0.1) is 0 Å². The van der Waals surface area contributed by atoms with Gasteiger partial charge >= 0.3 is 6.03 Å². The second-order valence-corrected chi connectivity index (χ2v) is 8.31. The number of hydrogen-bond acceptors (Lipinski definition) is 6. The highest BCUT2D eigenvalue weighted by Crippen LogP contribution is 2.38. The first kappa shape index (κ1) is 19.7. The summed E-state index contributed by atoms with van der Waals surface area (Å²) in [6, 6.07) is 5.93. The van der Waals surface area contributed by atoms with Crippen LogP contribution in [0.4, 0.5) is 16.3 Å². The van der Waals surface area contributed by atoms with Crippen LogP contribution >= 0.6 is 0 Å². The largest absolute Gasteiger partial charge is 0.355 e. The van der Waals surface area contributed by atoms with Crippen LogP contribution < -0.4 is 15.5 Å². The minimum Gasteiger partial charge on any atom is -0.355 e. The molecule has 0 radical (unpaired) electrons. The van der Waals surface area contributed by atoms with Gasteiger partial charge in [-0.25, -0.2) is 9.78 Å². The molecule has 2 aromatic rings. The topological polar surface area (TPSA) is 93.7 Å². The summed E-state index contributed by atoms with van der Waals surface area (Å²) in [6.07, 6.45) is 5.61. The molecule has 3 amide bonds. The molecule has 5 heterocycles. The molecular weight excluding hydrogens is 394 g/mol. The van der Waals surface area contributed by atoms with E-state index in [0.29, 0.717) is 5.56 Å². The number of anilines is 2. The van der Waals surface area contributed by atoms with Gasteiger partial charge in [-0.1, -0.05) is 0 Å². The van der Waals surface area contributed by atoms with E-state index in [-0.39, 0.29) is 18.0 Å². The molecule has 2 fully saturated rings. The van der Waals surface area contributed by atoms with Crippen molar-refractivity contribution in [1.82, 2.24) is 25.1 Å². The van der Waals surface area contributed by atoms with Crippen LogP contribution in [0.2, 0.25) is 0 Å². The Morgan fingerprint density at radius 2 is 2.00 bits per heavy atom. The lowest BCUT2D eigenvalue weighted by molar-refractivity contribution is 0.0962. The summed E-state index contributed by atoms with van der Waals surface area (Å²) in [5.41, 5.74) is 3.55. The minimum absolute atomic E-state index is 0.00231. The minimum atomic E-state index is -0.126. The SMILES string of the molecule is CNC(=O)c1ccc(N2CCN(Cc3cnc4c(c3)NC(=O)N3CCCC43)CC2)nc1. The van der Waals surface area contributed by atoms with Gasteiger partial charge in [0.2, 0.25) is 0 Å². The molecule has 0 bridgehead atoms. The number of aromatic nitrogens is 2. The number of rotatable bonds is 4. The molecule has 162 valence electrons. The molecule has 3 aliphatic rings. The van der Waals surface area contributed by atoms with Gasteiger partial charge in [0.25, 0.3) is 5.91 Å². The fourth-order valence-corrected chi connectivity index (χ4v) is 4.70. The second-order valence-electron chi connectivity index (χ2n) is 8.31. The Morgan fingerprint density at radius 1 is 1.16 bits per heavy atom. The van der Waals surface area contributed by atoms with Gasteiger partial charge < -0.3 is 20.4 Å². The maximum atomic E-state index is 12.3. The number of urea groups is 1. The van der Waals surface area contributed by atoms with E-state index in [1.165, 1.54) is 0 Å². The van der Waals surface area contributed by atoms with Crippen molar-refractivity contribution in [1.29, 1.82) is 0 Å². The van der Waals surface area contributed by atoms with Crippen LogP contribution in [0.25, 0.3) is 0 Å². The third kappa shape index (κ3) is 3.81. The zero-order valence-electron chi connectivity index (χ0n) is 17.7. The Hall–Kier alpha value is -3.20. The lowest BCUT2D eigenvalue weighted by atomic mass is 10.1. The van der Waals surface area contributed by atoms with Crippen LogP contribution in [-0.2, 0) is 6.54 Å². The monoisotopic (exact) mass is 421 g/mol. The molecule has 0 spiro atoms. The quantitative estimate of drug-likeness (QED) is 0.783. The van der Waals surface area contributed by atoms with Crippen molar-refractivity contribution in [2.75, 3.05) is 50.0 Å². The zero-order valence-corrected chi connectivity index (χ0v) is 17.7. The highest BCUT2D eigenvalue weighted by Gasteiger charge is 2.37. The predicted molar refractivity (Wildman–Crippen MR) is 117 cm³/mol. The van der Waals surface area contributed by atoms with Crippen molar-refractivity contribution in [3.63, 3.8) is 0 Å². The Kier molecular flexibility index (Phi) is 5.19. The molecule has 2 saturated heterocycles. The highest BCUT2D eigenvalue weighted by molar-refractivity contribution is 5.94. The van der Waals surface area contributed by atoms with Crippen molar-refractivity contribution in [3.8, 4) is 0 Å². The molecule has 9 nitrogen and oxygen atoms in total. The van der Waals surface area contributed by atoms with E-state index < -0.39 is 0 Å². The molecule has 1 atom stereocenters. The predicted octanol–water partition coefficient (Wildman–Crippen LogP) is 1.84. The molecule has 0 aromatic carbocycles. The van der Waals surface area contributed by atoms with Crippen molar-refractivity contribution in [3.05, 3.63) is 47.4 Å². The number of carbonyl (C=O) groups excluding carboxylic acids is 2. The standard InChI is InChI=1S/C22H27N7O2/c1-23-21(30)16-4-5-19(24-13-16)28-9-7-27(8-10-28)14-15-11-17-20(25-12-15)18-3-2-6-29(18)22(31)26-17/h4-5,11-13,18H,2-3,6-10,14H2,1H3,(H,23,30)(H,26,31). The molecule has 2 aromatic heterocycles. The smallest absolute Gasteiger partial charge is 0.322 e. The van der Waals surface area contributed by atoms with E-state index in [4.69, 9.17) is 4.98 Å². The molecule has 2 N–H and O–H groups in total. The maximum Gasteiger partial charge on any atom is 0.322 e. The van der Waals surface area contributed by atoms with Crippen molar-refractivity contribution in [2.45, 2.75) is 25.4 Å². The Bertz CT molecular complexity index is 986. The van der Waals surface area contributed by atoms with Gasteiger partial charge in [-0.05, 0) is 36.6 Å². The number of nitrogens with one attached hydrogen (secondary N) is 2. The summed E-state index contributed by atoms with van der Waals surface area (Å²) in [5.74, 6) is 0.769. The molecule has 0 aliphatic carbocycles. The lowest BCUT2D eigenvalue weighted by Gasteiger charge is -2.36. The van der Waals surface area contributed by atoms with Crippen LogP contribution in [0.15, 0.2) is 30.6 Å². The Morgan fingerprint density at radius 3 is 2.74 bits per heavy atom. The number of hydrogen-bond donors (Lipinski definition) is 2. The first-order valence-electron chi connectivity index (χ1n) is 10.8. The maximum absolute atomic E-state index is 12.3. The van der Waals surface area contributed by atoms with E-state index in [2.05, 4.69) is 31.5 Å². The summed E-state index contributed by atoms with van der Waals surface area (Å²) in [6.45, 7) is 5.20. The van der Waals surface area contributed by atoms with Crippen LogP contribution in [0.3, 0.4) is 0 Å². The van der Waals surface area contributed by atoms with Crippen LogP contribution in [-0.4, -0.2) is 71.5 Å². The van der Waals surface area contributed by atoms with Crippen molar-refractivity contribution in [2.24, 2.45) is 0 Å². The van der Waals surface area contributed by atoms with E-state index in [0.717, 1.165) is 74.9 Å². The highest BCUT2D eigenvalue weighted by atomic mass is 16.2. The zero-order chi connectivity index (χ0) is 21.4. The molecule has 31 heavy (non-hydrogen) atoms. The van der Waals surface area contributed by atoms with Crippen LogP contribution in [0, 0.1) is 0 Å². The number of piperazine rings is 1. The number of nitrogens with zero attached hydrogens (tertiary/aromatic N) is 5. The summed E-state index contributed by atoms with van der Waals surface area (Å²) in [5, 5.41) is 5.63. The molecular formula is C22H27N7O2. The van der Waals surface area contributed by atoms with E-state index >= 15 is 0 Å². The summed E-state index contributed by atoms with van der Waals surface area (Å²) in [7, 11) is 1.62. The lowest BCUT2D eigenvalue weighted by Crippen LogP contribution is -2.46.